The molecule has 0 aliphatic carbocycles. The molecule has 1 aliphatic heterocycles. The maximum Gasteiger partial charge on any atom is 0.329 e. The van der Waals surface area contributed by atoms with Gasteiger partial charge >= 0.3 is 5.97 Å². The van der Waals surface area contributed by atoms with Crippen LogP contribution in [0.3, 0.4) is 0 Å². The molecule has 0 bridgehead atoms. The summed E-state index contributed by atoms with van der Waals surface area (Å²) in [4.78, 5) is 23.2. The zero-order valence-electron chi connectivity index (χ0n) is 7.90. The van der Waals surface area contributed by atoms with Crippen molar-refractivity contribution < 1.29 is 14.7 Å². The number of aliphatic carboxylic acids is 1. The maximum absolute atomic E-state index is 11.4. The van der Waals surface area contributed by atoms with Crippen molar-refractivity contribution in [1.82, 2.24) is 10.2 Å². The molecule has 1 rings (SSSR count). The minimum Gasteiger partial charge on any atom is -0.478 e. The molecule has 1 amide bonds. The Labute approximate surface area is 82.4 Å². The van der Waals surface area contributed by atoms with Gasteiger partial charge in [-0.2, -0.15) is 0 Å². The number of amides is 1. The number of carbonyl (C=O) groups excluding carboxylic acids is 1. The molecule has 0 radical (unpaired) electrons. The number of likely N-dealkylation sites (tertiary alicyclic amines) is 1. The molecule has 78 valence electrons. The van der Waals surface area contributed by atoms with E-state index in [1.54, 1.807) is 4.90 Å². The number of nitrogens with zero attached hydrogens (tertiary/aromatic N) is 1. The Bertz CT molecular complexity index is 244. The third-order valence-corrected chi connectivity index (χ3v) is 2.06. The van der Waals surface area contributed by atoms with Gasteiger partial charge in [-0.1, -0.05) is 0 Å². The van der Waals surface area contributed by atoms with Gasteiger partial charge in [0.2, 0.25) is 5.91 Å². The van der Waals surface area contributed by atoms with Gasteiger partial charge in [0.15, 0.2) is 0 Å². The van der Waals surface area contributed by atoms with E-state index < -0.39 is 5.97 Å². The lowest BCUT2D eigenvalue weighted by molar-refractivity contribution is -0.131. The van der Waals surface area contributed by atoms with E-state index in [2.05, 4.69) is 5.32 Å². The first kappa shape index (κ1) is 10.6. The van der Waals surface area contributed by atoms with Gasteiger partial charge in [-0.3, -0.25) is 4.79 Å². The van der Waals surface area contributed by atoms with E-state index in [1.807, 2.05) is 0 Å². The second-order valence-electron chi connectivity index (χ2n) is 3.14. The lowest BCUT2D eigenvalue weighted by Gasteiger charge is -2.14. The summed E-state index contributed by atoms with van der Waals surface area (Å²) < 4.78 is 0. The highest BCUT2D eigenvalue weighted by Gasteiger charge is 2.16. The SMILES string of the molecule is O=C(O)/C=C/NCC(=O)N1CCCC1. The Hall–Kier alpha value is -1.52. The van der Waals surface area contributed by atoms with E-state index in [1.165, 1.54) is 6.20 Å². The van der Waals surface area contributed by atoms with Crippen molar-refractivity contribution in [3.8, 4) is 0 Å². The molecule has 14 heavy (non-hydrogen) atoms. The summed E-state index contributed by atoms with van der Waals surface area (Å²) >= 11 is 0. The summed E-state index contributed by atoms with van der Waals surface area (Å²) in [6, 6.07) is 0. The molecule has 2 N–H and O–H groups in total. The van der Waals surface area contributed by atoms with E-state index in [0.29, 0.717) is 0 Å². The second kappa shape index (κ2) is 5.26. The largest absolute Gasteiger partial charge is 0.478 e. The quantitative estimate of drug-likeness (QED) is 0.614. The van der Waals surface area contributed by atoms with Gasteiger partial charge in [-0.25, -0.2) is 4.79 Å². The minimum absolute atomic E-state index is 0.0255. The van der Waals surface area contributed by atoms with Crippen LogP contribution in [0.1, 0.15) is 12.8 Å². The fourth-order valence-electron chi connectivity index (χ4n) is 1.35. The molecule has 5 nitrogen and oxygen atoms in total. The molecule has 0 aromatic heterocycles. The maximum atomic E-state index is 11.4. The smallest absolute Gasteiger partial charge is 0.329 e. The number of carboxylic acid groups (broad SMARTS) is 1. The predicted octanol–water partition coefficient (Wildman–Crippen LogP) is -0.203. The standard InChI is InChI=1S/C9H14N2O3/c12-8(11-5-1-2-6-11)7-10-4-3-9(13)14/h3-4,10H,1-2,5-7H2,(H,13,14)/b4-3+. The van der Waals surface area contributed by atoms with Crippen LogP contribution in [0.4, 0.5) is 0 Å². The molecule has 5 heteroatoms. The van der Waals surface area contributed by atoms with Crippen LogP contribution >= 0.6 is 0 Å². The van der Waals surface area contributed by atoms with Gasteiger partial charge in [-0.05, 0) is 12.8 Å². The molecule has 1 fully saturated rings. The summed E-state index contributed by atoms with van der Waals surface area (Å²) in [5.74, 6) is -0.997. The summed E-state index contributed by atoms with van der Waals surface area (Å²) in [5, 5.41) is 10.9. The predicted molar refractivity (Wildman–Crippen MR) is 50.6 cm³/mol. The fraction of sp³-hybridized carbons (Fsp3) is 0.556. The van der Waals surface area contributed by atoms with Crippen LogP contribution in [0.25, 0.3) is 0 Å². The first-order valence-electron chi connectivity index (χ1n) is 4.61. The number of hydrogen-bond donors (Lipinski definition) is 2. The molecule has 1 heterocycles. The highest BCUT2D eigenvalue weighted by atomic mass is 16.4. The Morgan fingerprint density at radius 1 is 1.36 bits per heavy atom. The molecule has 1 saturated heterocycles. The van der Waals surface area contributed by atoms with Crippen molar-refractivity contribution in [2.45, 2.75) is 12.8 Å². The molecule has 0 spiro atoms. The summed E-state index contributed by atoms with van der Waals surface area (Å²) in [6.45, 7) is 1.82. The monoisotopic (exact) mass is 198 g/mol. The summed E-state index contributed by atoms with van der Waals surface area (Å²) in [5.41, 5.74) is 0. The number of hydrogen-bond acceptors (Lipinski definition) is 3. The highest BCUT2D eigenvalue weighted by Crippen LogP contribution is 2.06. The van der Waals surface area contributed by atoms with E-state index >= 15 is 0 Å². The van der Waals surface area contributed by atoms with Crippen molar-refractivity contribution in [2.75, 3.05) is 19.6 Å². The van der Waals surface area contributed by atoms with Crippen LogP contribution < -0.4 is 5.32 Å². The van der Waals surface area contributed by atoms with E-state index in [-0.39, 0.29) is 12.5 Å². The zero-order chi connectivity index (χ0) is 10.4. The molecular formula is C9H14N2O3. The molecule has 0 aromatic rings. The zero-order valence-corrected chi connectivity index (χ0v) is 7.90. The first-order chi connectivity index (χ1) is 6.70. The van der Waals surface area contributed by atoms with Crippen molar-refractivity contribution >= 4 is 11.9 Å². The molecular weight excluding hydrogens is 184 g/mol. The van der Waals surface area contributed by atoms with Crippen LogP contribution in [-0.4, -0.2) is 41.5 Å². The third kappa shape index (κ3) is 3.47. The van der Waals surface area contributed by atoms with Crippen LogP contribution in [0.2, 0.25) is 0 Å². The fourth-order valence-corrected chi connectivity index (χ4v) is 1.35. The first-order valence-corrected chi connectivity index (χ1v) is 4.61. The summed E-state index contributed by atoms with van der Waals surface area (Å²) in [7, 11) is 0. The van der Waals surface area contributed by atoms with E-state index in [9.17, 15) is 9.59 Å². The Kier molecular flexibility index (Phi) is 3.97. The average molecular weight is 198 g/mol. The molecule has 0 unspecified atom stereocenters. The lowest BCUT2D eigenvalue weighted by Crippen LogP contribution is -2.34. The summed E-state index contributed by atoms with van der Waals surface area (Å²) in [6.07, 6.45) is 4.38. The third-order valence-electron chi connectivity index (χ3n) is 2.06. The number of carboxylic acids is 1. The molecule has 0 aromatic carbocycles. The lowest BCUT2D eigenvalue weighted by atomic mass is 10.4. The van der Waals surface area contributed by atoms with Gasteiger partial charge in [0.1, 0.15) is 0 Å². The minimum atomic E-state index is -1.02. The van der Waals surface area contributed by atoms with Gasteiger partial charge in [-0.15, -0.1) is 0 Å². The Morgan fingerprint density at radius 2 is 2.00 bits per heavy atom. The number of nitrogens with one attached hydrogen (secondary N) is 1. The van der Waals surface area contributed by atoms with Crippen molar-refractivity contribution in [3.63, 3.8) is 0 Å². The van der Waals surface area contributed by atoms with Gasteiger partial charge < -0.3 is 15.3 Å². The topological polar surface area (TPSA) is 69.6 Å². The van der Waals surface area contributed by atoms with Gasteiger partial charge in [0.05, 0.1) is 6.54 Å². The van der Waals surface area contributed by atoms with E-state index in [4.69, 9.17) is 5.11 Å². The number of rotatable bonds is 4. The highest BCUT2D eigenvalue weighted by molar-refractivity contribution is 5.80. The van der Waals surface area contributed by atoms with Crippen LogP contribution in [0, 0.1) is 0 Å². The van der Waals surface area contributed by atoms with Crippen molar-refractivity contribution in [2.24, 2.45) is 0 Å². The molecule has 0 saturated carbocycles. The van der Waals surface area contributed by atoms with Crippen LogP contribution in [0.15, 0.2) is 12.3 Å². The van der Waals surface area contributed by atoms with Crippen LogP contribution in [-0.2, 0) is 9.59 Å². The Morgan fingerprint density at radius 3 is 2.57 bits per heavy atom. The average Bonchev–Trinajstić information content (AvgIpc) is 2.64. The van der Waals surface area contributed by atoms with Gasteiger partial charge in [0, 0.05) is 25.4 Å². The Balaban J connectivity index is 2.17. The normalized spacial score (nSPS) is 16.1. The molecule has 1 aliphatic rings. The van der Waals surface area contributed by atoms with Crippen molar-refractivity contribution in [3.05, 3.63) is 12.3 Å². The van der Waals surface area contributed by atoms with Gasteiger partial charge in [0.25, 0.3) is 0 Å². The number of carbonyl (C=O) groups is 2. The second-order valence-corrected chi connectivity index (χ2v) is 3.14. The van der Waals surface area contributed by atoms with Crippen LogP contribution in [0.5, 0.6) is 0 Å². The molecule has 0 atom stereocenters. The van der Waals surface area contributed by atoms with Crippen molar-refractivity contribution in [1.29, 1.82) is 0 Å². The van der Waals surface area contributed by atoms with E-state index in [0.717, 1.165) is 32.0 Å².